The first-order chi connectivity index (χ1) is 8.19. The zero-order valence-electron chi connectivity index (χ0n) is 10.9. The predicted octanol–water partition coefficient (Wildman–Crippen LogP) is 1.65. The number of likely N-dealkylation sites (tertiary alicyclic amines) is 1. The maximum absolute atomic E-state index is 10.9. The van der Waals surface area contributed by atoms with Crippen LogP contribution in [-0.4, -0.2) is 48.0 Å². The Morgan fingerprint density at radius 2 is 1.88 bits per heavy atom. The van der Waals surface area contributed by atoms with Gasteiger partial charge in [0.2, 0.25) is 0 Å². The molecule has 1 N–H and O–H groups in total. The molecule has 98 valence electrons. The highest BCUT2D eigenvalue weighted by Crippen LogP contribution is 2.43. The Balaban J connectivity index is 1.75. The van der Waals surface area contributed by atoms with E-state index in [0.29, 0.717) is 17.9 Å². The number of nitrogens with zero attached hydrogens (tertiary/aromatic N) is 1. The fourth-order valence-corrected chi connectivity index (χ4v) is 4.22. The van der Waals surface area contributed by atoms with Crippen LogP contribution in [0.4, 0.5) is 0 Å². The quantitative estimate of drug-likeness (QED) is 0.755. The third-order valence-electron chi connectivity index (χ3n) is 5.27. The molecule has 3 fully saturated rings. The van der Waals surface area contributed by atoms with Crippen LogP contribution in [0.25, 0.3) is 0 Å². The number of ether oxygens (including phenoxy) is 1. The van der Waals surface area contributed by atoms with E-state index < -0.39 is 5.60 Å². The first kappa shape index (κ1) is 11.9. The lowest BCUT2D eigenvalue weighted by Crippen LogP contribution is -2.60. The third kappa shape index (κ3) is 2.02. The molecule has 4 atom stereocenters. The van der Waals surface area contributed by atoms with Crippen molar-refractivity contribution >= 4 is 0 Å². The number of rotatable bonds is 1. The first-order valence-electron chi connectivity index (χ1n) is 7.24. The van der Waals surface area contributed by atoms with Gasteiger partial charge >= 0.3 is 0 Å². The van der Waals surface area contributed by atoms with Crippen molar-refractivity contribution in [1.29, 1.82) is 0 Å². The zero-order valence-corrected chi connectivity index (χ0v) is 10.9. The van der Waals surface area contributed by atoms with E-state index in [4.69, 9.17) is 4.74 Å². The van der Waals surface area contributed by atoms with E-state index in [1.165, 1.54) is 38.8 Å². The molecule has 0 spiro atoms. The van der Waals surface area contributed by atoms with Gasteiger partial charge in [0.25, 0.3) is 0 Å². The smallest absolute Gasteiger partial charge is 0.0827 e. The van der Waals surface area contributed by atoms with E-state index in [9.17, 15) is 5.11 Å². The van der Waals surface area contributed by atoms with Gasteiger partial charge < -0.3 is 9.84 Å². The summed E-state index contributed by atoms with van der Waals surface area (Å²) >= 11 is 0. The molecule has 3 nitrogen and oxygen atoms in total. The van der Waals surface area contributed by atoms with Crippen molar-refractivity contribution in [1.82, 2.24) is 4.90 Å². The molecule has 2 aliphatic heterocycles. The van der Waals surface area contributed by atoms with Crippen molar-refractivity contribution < 1.29 is 9.84 Å². The Labute approximate surface area is 104 Å². The molecule has 0 bridgehead atoms. The molecule has 3 heteroatoms. The standard InChI is InChI=1S/C14H25NO2/c1-14(16)12-10-17-9-11(12)5-6-13(14)15-7-3-2-4-8-15/h11-13,16H,2-10H2,1H3/t11-,12-,13+,14-/m0/s1. The molecule has 0 aromatic heterocycles. The monoisotopic (exact) mass is 239 g/mol. The normalized spacial score (nSPS) is 48.0. The summed E-state index contributed by atoms with van der Waals surface area (Å²) in [5.41, 5.74) is -0.545. The van der Waals surface area contributed by atoms with Crippen LogP contribution >= 0.6 is 0 Å². The lowest BCUT2D eigenvalue weighted by atomic mass is 9.68. The molecule has 1 aliphatic carbocycles. The van der Waals surface area contributed by atoms with E-state index in [0.717, 1.165) is 19.6 Å². The van der Waals surface area contributed by atoms with Gasteiger partial charge in [-0.25, -0.2) is 0 Å². The van der Waals surface area contributed by atoms with Crippen molar-refractivity contribution in [3.05, 3.63) is 0 Å². The summed E-state index contributed by atoms with van der Waals surface area (Å²) in [4.78, 5) is 2.54. The number of aliphatic hydroxyl groups is 1. The summed E-state index contributed by atoms with van der Waals surface area (Å²) in [7, 11) is 0. The molecule has 3 rings (SSSR count). The summed E-state index contributed by atoms with van der Waals surface area (Å²) in [6.45, 7) is 6.05. The van der Waals surface area contributed by atoms with E-state index in [-0.39, 0.29) is 0 Å². The van der Waals surface area contributed by atoms with Crippen molar-refractivity contribution in [2.75, 3.05) is 26.3 Å². The molecule has 0 aromatic carbocycles. The molecular formula is C14H25NO2. The fourth-order valence-electron chi connectivity index (χ4n) is 4.22. The van der Waals surface area contributed by atoms with Gasteiger partial charge in [-0.1, -0.05) is 6.42 Å². The Morgan fingerprint density at radius 3 is 2.65 bits per heavy atom. The minimum Gasteiger partial charge on any atom is -0.388 e. The molecule has 0 amide bonds. The number of piperidine rings is 1. The molecule has 17 heavy (non-hydrogen) atoms. The van der Waals surface area contributed by atoms with Gasteiger partial charge in [0.15, 0.2) is 0 Å². The van der Waals surface area contributed by atoms with Crippen molar-refractivity contribution in [2.45, 2.75) is 50.7 Å². The van der Waals surface area contributed by atoms with E-state index in [2.05, 4.69) is 11.8 Å². The highest BCUT2D eigenvalue weighted by Gasteiger charge is 2.51. The first-order valence-corrected chi connectivity index (χ1v) is 7.24. The number of fused-ring (bicyclic) bond motifs is 1. The van der Waals surface area contributed by atoms with Gasteiger partial charge in [-0.15, -0.1) is 0 Å². The zero-order chi connectivity index (χ0) is 11.9. The average molecular weight is 239 g/mol. The topological polar surface area (TPSA) is 32.7 Å². The minimum atomic E-state index is -0.545. The van der Waals surface area contributed by atoms with Crippen LogP contribution < -0.4 is 0 Å². The Morgan fingerprint density at radius 1 is 1.12 bits per heavy atom. The summed E-state index contributed by atoms with van der Waals surface area (Å²) in [5.74, 6) is 0.967. The molecule has 0 aromatic rings. The van der Waals surface area contributed by atoms with Gasteiger partial charge in [0.1, 0.15) is 0 Å². The van der Waals surface area contributed by atoms with Crippen molar-refractivity contribution in [2.24, 2.45) is 11.8 Å². The van der Waals surface area contributed by atoms with Crippen LogP contribution in [0, 0.1) is 11.8 Å². The number of hydrogen-bond acceptors (Lipinski definition) is 3. The summed E-state index contributed by atoms with van der Waals surface area (Å²) in [6, 6.07) is 0.366. The highest BCUT2D eigenvalue weighted by atomic mass is 16.5. The Bertz CT molecular complexity index is 273. The maximum atomic E-state index is 10.9. The lowest BCUT2D eigenvalue weighted by molar-refractivity contribution is -0.113. The highest BCUT2D eigenvalue weighted by molar-refractivity contribution is 5.03. The minimum absolute atomic E-state index is 0.364. The van der Waals surface area contributed by atoms with Crippen LogP contribution in [-0.2, 0) is 4.74 Å². The predicted molar refractivity (Wildman–Crippen MR) is 66.9 cm³/mol. The van der Waals surface area contributed by atoms with Crippen LogP contribution in [0.3, 0.4) is 0 Å². The second-order valence-corrected chi connectivity index (χ2v) is 6.32. The van der Waals surface area contributed by atoms with Crippen LogP contribution in [0.15, 0.2) is 0 Å². The molecule has 1 saturated carbocycles. The Hall–Kier alpha value is -0.120. The van der Waals surface area contributed by atoms with Gasteiger partial charge in [-0.2, -0.15) is 0 Å². The largest absolute Gasteiger partial charge is 0.388 e. The molecular weight excluding hydrogens is 214 g/mol. The lowest BCUT2D eigenvalue weighted by Gasteiger charge is -2.50. The SMILES string of the molecule is C[C@]1(O)[C@H]2COC[C@@H]2CC[C@H]1N1CCCCC1. The van der Waals surface area contributed by atoms with E-state index in [1.54, 1.807) is 0 Å². The van der Waals surface area contributed by atoms with Crippen LogP contribution in [0.5, 0.6) is 0 Å². The van der Waals surface area contributed by atoms with E-state index >= 15 is 0 Å². The molecule has 2 heterocycles. The second kappa shape index (κ2) is 4.52. The second-order valence-electron chi connectivity index (χ2n) is 6.32. The van der Waals surface area contributed by atoms with Crippen molar-refractivity contribution in [3.63, 3.8) is 0 Å². The maximum Gasteiger partial charge on any atom is 0.0827 e. The third-order valence-corrected chi connectivity index (χ3v) is 5.27. The van der Waals surface area contributed by atoms with Gasteiger partial charge in [-0.05, 0) is 51.6 Å². The summed E-state index contributed by atoms with van der Waals surface area (Å²) in [5, 5.41) is 10.9. The van der Waals surface area contributed by atoms with Gasteiger partial charge in [0.05, 0.1) is 12.2 Å². The van der Waals surface area contributed by atoms with Gasteiger partial charge in [-0.3, -0.25) is 4.90 Å². The summed E-state index contributed by atoms with van der Waals surface area (Å²) in [6.07, 6.45) is 6.36. The Kier molecular flexibility index (Phi) is 3.18. The summed E-state index contributed by atoms with van der Waals surface area (Å²) < 4.78 is 5.58. The molecule has 0 radical (unpaired) electrons. The van der Waals surface area contributed by atoms with Crippen LogP contribution in [0.2, 0.25) is 0 Å². The molecule has 2 saturated heterocycles. The van der Waals surface area contributed by atoms with Gasteiger partial charge in [0, 0.05) is 18.6 Å². The average Bonchev–Trinajstić information content (AvgIpc) is 2.80. The number of hydrogen-bond donors (Lipinski definition) is 1. The molecule has 0 unspecified atom stereocenters. The van der Waals surface area contributed by atoms with E-state index in [1.807, 2.05) is 0 Å². The fraction of sp³-hybridized carbons (Fsp3) is 1.00. The van der Waals surface area contributed by atoms with Crippen molar-refractivity contribution in [3.8, 4) is 0 Å². The van der Waals surface area contributed by atoms with Crippen LogP contribution in [0.1, 0.15) is 39.0 Å². The molecule has 3 aliphatic rings.